The predicted octanol–water partition coefficient (Wildman–Crippen LogP) is 3.78. The first-order valence-corrected chi connectivity index (χ1v) is 16.9. The molecule has 0 aromatic carbocycles. The van der Waals surface area contributed by atoms with Gasteiger partial charge in [-0.1, -0.05) is 76.2 Å². The number of hydrogen-bond donors (Lipinski definition) is 4. The molecule has 1 fully saturated rings. The molecule has 0 radical (unpaired) electrons. The molecular weight excluding hydrogens is 584 g/mol. The van der Waals surface area contributed by atoms with Crippen LogP contribution in [0.15, 0.2) is 24.3 Å². The molecule has 0 spiro atoms. The van der Waals surface area contributed by atoms with Crippen molar-refractivity contribution in [1.29, 1.82) is 0 Å². The van der Waals surface area contributed by atoms with Crippen molar-refractivity contribution >= 4 is 16.4 Å². The average Bonchev–Trinajstić information content (AvgIpc) is 2.95. The zero-order chi connectivity index (χ0) is 31.9. The van der Waals surface area contributed by atoms with Crippen molar-refractivity contribution in [3.8, 4) is 0 Å². The first-order valence-electron chi connectivity index (χ1n) is 15.5. The number of aliphatic hydroxyl groups excluding tert-OH is 3. The second kappa shape index (κ2) is 23.9. The van der Waals surface area contributed by atoms with Crippen molar-refractivity contribution in [1.82, 2.24) is 0 Å². The summed E-state index contributed by atoms with van der Waals surface area (Å²) in [4.78, 5) is 11.5. The summed E-state index contributed by atoms with van der Waals surface area (Å²) < 4.78 is 57.1. The summed E-state index contributed by atoms with van der Waals surface area (Å²) in [6.07, 6.45) is 14.8. The van der Waals surface area contributed by atoms with E-state index in [1.165, 1.54) is 51.9 Å². The fourth-order valence-corrected chi connectivity index (χ4v) is 5.09. The summed E-state index contributed by atoms with van der Waals surface area (Å²) in [5.74, 6) is -0.581. The SMILES string of the molecule is CCCCCC/C=C\C/C=C\CCCCCCCCOCC(COC1OC(CO)C(O)C(OS(=O)(=O)O)C1O)OC(C)=O. The van der Waals surface area contributed by atoms with E-state index in [2.05, 4.69) is 35.4 Å². The van der Waals surface area contributed by atoms with Gasteiger partial charge in [-0.2, -0.15) is 8.42 Å². The molecule has 4 N–H and O–H groups in total. The Morgan fingerprint density at radius 1 is 0.884 bits per heavy atom. The molecule has 1 saturated heterocycles. The van der Waals surface area contributed by atoms with E-state index in [-0.39, 0.29) is 13.2 Å². The average molecular weight is 639 g/mol. The highest BCUT2D eigenvalue weighted by Gasteiger charge is 2.47. The maximum absolute atomic E-state index is 11.5. The van der Waals surface area contributed by atoms with Crippen LogP contribution in [0, 0.1) is 0 Å². The van der Waals surface area contributed by atoms with Crippen LogP contribution in [-0.4, -0.2) is 97.5 Å². The van der Waals surface area contributed by atoms with E-state index in [1.807, 2.05) is 0 Å². The van der Waals surface area contributed by atoms with Crippen LogP contribution in [0.1, 0.15) is 97.3 Å². The van der Waals surface area contributed by atoms with Crippen molar-refractivity contribution in [2.24, 2.45) is 0 Å². The second-order valence-corrected chi connectivity index (χ2v) is 11.8. The molecule has 12 nitrogen and oxygen atoms in total. The fraction of sp³-hybridized carbons (Fsp3) is 0.833. The molecule has 0 aliphatic carbocycles. The Labute approximate surface area is 257 Å². The highest BCUT2D eigenvalue weighted by Crippen LogP contribution is 2.25. The van der Waals surface area contributed by atoms with Gasteiger partial charge in [-0.05, 0) is 38.5 Å². The molecular formula is C30H54O12S. The minimum Gasteiger partial charge on any atom is -0.458 e. The molecule has 1 heterocycles. The van der Waals surface area contributed by atoms with E-state index < -0.39 is 59.8 Å². The molecule has 6 unspecified atom stereocenters. The number of aliphatic hydroxyl groups is 3. The largest absolute Gasteiger partial charge is 0.458 e. The summed E-state index contributed by atoms with van der Waals surface area (Å²) in [6.45, 7) is 2.88. The second-order valence-electron chi connectivity index (χ2n) is 10.8. The van der Waals surface area contributed by atoms with Crippen LogP contribution >= 0.6 is 0 Å². The van der Waals surface area contributed by atoms with E-state index in [0.717, 1.165) is 38.5 Å². The van der Waals surface area contributed by atoms with E-state index >= 15 is 0 Å². The minimum atomic E-state index is -5.03. The molecule has 13 heteroatoms. The van der Waals surface area contributed by atoms with Crippen molar-refractivity contribution in [3.05, 3.63) is 24.3 Å². The topological polar surface area (TPSA) is 178 Å². The lowest BCUT2D eigenvalue weighted by Gasteiger charge is -2.41. The van der Waals surface area contributed by atoms with Gasteiger partial charge in [-0.3, -0.25) is 9.35 Å². The van der Waals surface area contributed by atoms with Gasteiger partial charge in [0.25, 0.3) is 0 Å². The Kier molecular flexibility index (Phi) is 22.0. The summed E-state index contributed by atoms with van der Waals surface area (Å²) in [5.41, 5.74) is 0. The Bertz CT molecular complexity index is 878. The van der Waals surface area contributed by atoms with Gasteiger partial charge in [0.15, 0.2) is 6.29 Å². The highest BCUT2D eigenvalue weighted by atomic mass is 32.3. The summed E-state index contributed by atoms with van der Waals surface area (Å²) in [6, 6.07) is 0. The smallest absolute Gasteiger partial charge is 0.397 e. The minimum absolute atomic E-state index is 0.0137. The summed E-state index contributed by atoms with van der Waals surface area (Å²) in [7, 11) is -5.03. The van der Waals surface area contributed by atoms with Crippen molar-refractivity contribution in [2.45, 2.75) is 134 Å². The Morgan fingerprint density at radius 3 is 2.07 bits per heavy atom. The standard InChI is InChI=1S/C30H54O12S/c1-3-4-5-6-7-8-9-10-11-12-13-14-15-16-17-18-19-20-38-22-25(40-24(2)32)23-39-30-28(34)29(42-43(35,36)37)27(33)26(21-31)41-30/h8-9,11-12,25-31,33-34H,3-7,10,13-23H2,1-2H3,(H,35,36,37)/b9-8-,12-11-. The normalized spacial score (nSPS) is 23.7. The highest BCUT2D eigenvalue weighted by molar-refractivity contribution is 7.80. The van der Waals surface area contributed by atoms with Crippen molar-refractivity contribution in [2.75, 3.05) is 26.4 Å². The van der Waals surface area contributed by atoms with Crippen molar-refractivity contribution in [3.63, 3.8) is 0 Å². The van der Waals surface area contributed by atoms with E-state index in [4.69, 9.17) is 23.5 Å². The van der Waals surface area contributed by atoms with E-state index in [0.29, 0.717) is 6.61 Å². The summed E-state index contributed by atoms with van der Waals surface area (Å²) in [5, 5.41) is 29.9. The molecule has 0 aromatic heterocycles. The Hall–Kier alpha value is -1.42. The number of carbonyl (C=O) groups is 1. The molecule has 0 aromatic rings. The number of unbranched alkanes of at least 4 members (excludes halogenated alkanes) is 10. The molecule has 0 saturated carbocycles. The van der Waals surface area contributed by atoms with Crippen LogP contribution in [0.25, 0.3) is 0 Å². The molecule has 6 atom stereocenters. The van der Waals surface area contributed by atoms with Crippen LogP contribution in [0.4, 0.5) is 0 Å². The van der Waals surface area contributed by atoms with E-state index in [9.17, 15) is 28.5 Å². The predicted molar refractivity (Wildman–Crippen MR) is 160 cm³/mol. The van der Waals surface area contributed by atoms with Gasteiger partial charge >= 0.3 is 16.4 Å². The Morgan fingerprint density at radius 2 is 1.49 bits per heavy atom. The third-order valence-electron chi connectivity index (χ3n) is 6.88. The van der Waals surface area contributed by atoms with Crippen LogP contribution in [0.5, 0.6) is 0 Å². The molecule has 252 valence electrons. The van der Waals surface area contributed by atoms with Gasteiger partial charge in [-0.25, -0.2) is 4.18 Å². The van der Waals surface area contributed by atoms with Gasteiger partial charge in [0.2, 0.25) is 0 Å². The van der Waals surface area contributed by atoms with Gasteiger partial charge in [0.05, 0.1) is 19.8 Å². The molecule has 0 bridgehead atoms. The number of esters is 1. The van der Waals surface area contributed by atoms with Crippen LogP contribution < -0.4 is 0 Å². The molecule has 0 amide bonds. The lowest BCUT2D eigenvalue weighted by Crippen LogP contribution is -2.60. The van der Waals surface area contributed by atoms with Gasteiger partial charge in [0.1, 0.15) is 30.5 Å². The zero-order valence-corrected chi connectivity index (χ0v) is 26.6. The van der Waals surface area contributed by atoms with Gasteiger partial charge in [-0.15, -0.1) is 0 Å². The first-order chi connectivity index (χ1) is 20.6. The number of rotatable bonds is 25. The lowest BCUT2D eigenvalue weighted by molar-refractivity contribution is -0.301. The molecule has 1 rings (SSSR count). The lowest BCUT2D eigenvalue weighted by atomic mass is 9.99. The van der Waals surface area contributed by atoms with Crippen LogP contribution in [0.3, 0.4) is 0 Å². The number of allylic oxidation sites excluding steroid dienone is 4. The van der Waals surface area contributed by atoms with E-state index in [1.54, 1.807) is 0 Å². The van der Waals surface area contributed by atoms with Crippen LogP contribution in [0.2, 0.25) is 0 Å². The molecule has 1 aliphatic rings. The van der Waals surface area contributed by atoms with Gasteiger partial charge in [0, 0.05) is 13.5 Å². The monoisotopic (exact) mass is 638 g/mol. The number of hydrogen-bond acceptors (Lipinski definition) is 11. The molecule has 1 aliphatic heterocycles. The maximum Gasteiger partial charge on any atom is 0.397 e. The zero-order valence-electron chi connectivity index (χ0n) is 25.8. The maximum atomic E-state index is 11.5. The summed E-state index contributed by atoms with van der Waals surface area (Å²) >= 11 is 0. The first kappa shape index (κ1) is 39.6. The van der Waals surface area contributed by atoms with Gasteiger partial charge < -0.3 is 34.3 Å². The quantitative estimate of drug-likeness (QED) is 0.0493. The van der Waals surface area contributed by atoms with Crippen molar-refractivity contribution < 1.29 is 56.2 Å². The third kappa shape index (κ3) is 19.6. The number of ether oxygens (including phenoxy) is 4. The number of carbonyl (C=O) groups excluding carboxylic acids is 1. The fourth-order valence-electron chi connectivity index (χ4n) is 4.58. The third-order valence-corrected chi connectivity index (χ3v) is 7.34. The Balaban J connectivity index is 2.23. The molecule has 43 heavy (non-hydrogen) atoms. The van der Waals surface area contributed by atoms with Crippen LogP contribution in [-0.2, 0) is 38.3 Å².